The van der Waals surface area contributed by atoms with Gasteiger partial charge in [-0.15, -0.1) is 0 Å². The molecule has 3 heterocycles. The van der Waals surface area contributed by atoms with E-state index in [1.165, 1.54) is 44.5 Å². The number of rotatable bonds is 1. The molecule has 4 unspecified atom stereocenters. The molecule has 0 radical (unpaired) electrons. The molecule has 3 aliphatic heterocycles. The van der Waals surface area contributed by atoms with Crippen molar-refractivity contribution in [3.63, 3.8) is 0 Å². The molecule has 3 heteroatoms. The summed E-state index contributed by atoms with van der Waals surface area (Å²) in [6.07, 6.45) is 5.64. The summed E-state index contributed by atoms with van der Waals surface area (Å²) >= 11 is 2.16. The van der Waals surface area contributed by atoms with Gasteiger partial charge in [0.2, 0.25) is 0 Å². The normalized spacial score (nSPS) is 47.0. The fourth-order valence-corrected chi connectivity index (χ4v) is 4.61. The number of nitrogens with zero attached hydrogens (tertiary/aromatic N) is 1. The first-order valence-corrected chi connectivity index (χ1v) is 7.48. The SMILES string of the molecule is CC1CC(N2CCC3CCC(C2)N3)CS1. The van der Waals surface area contributed by atoms with E-state index in [-0.39, 0.29) is 0 Å². The molecule has 0 aromatic heterocycles. The Kier molecular flexibility index (Phi) is 2.97. The van der Waals surface area contributed by atoms with Gasteiger partial charge < -0.3 is 5.32 Å². The lowest BCUT2D eigenvalue weighted by molar-refractivity contribution is 0.198. The molecule has 0 aromatic carbocycles. The lowest BCUT2D eigenvalue weighted by Crippen LogP contribution is -2.41. The molecule has 2 bridgehead atoms. The molecule has 15 heavy (non-hydrogen) atoms. The molecular weight excluding hydrogens is 204 g/mol. The predicted molar refractivity (Wildman–Crippen MR) is 66.5 cm³/mol. The van der Waals surface area contributed by atoms with Gasteiger partial charge in [0.1, 0.15) is 0 Å². The van der Waals surface area contributed by atoms with Crippen molar-refractivity contribution >= 4 is 11.8 Å². The molecule has 3 fully saturated rings. The molecule has 4 atom stereocenters. The van der Waals surface area contributed by atoms with E-state index in [0.29, 0.717) is 0 Å². The van der Waals surface area contributed by atoms with E-state index >= 15 is 0 Å². The van der Waals surface area contributed by atoms with Crippen molar-refractivity contribution in [3.05, 3.63) is 0 Å². The third-order valence-electron chi connectivity index (χ3n) is 4.25. The molecule has 0 saturated carbocycles. The van der Waals surface area contributed by atoms with E-state index in [1.807, 2.05) is 0 Å². The van der Waals surface area contributed by atoms with Crippen molar-refractivity contribution in [1.29, 1.82) is 0 Å². The van der Waals surface area contributed by atoms with Crippen LogP contribution in [-0.4, -0.2) is 47.1 Å². The Morgan fingerprint density at radius 2 is 2.07 bits per heavy atom. The zero-order valence-corrected chi connectivity index (χ0v) is 10.4. The number of hydrogen-bond donors (Lipinski definition) is 1. The summed E-state index contributed by atoms with van der Waals surface area (Å²) in [6.45, 7) is 5.04. The maximum absolute atomic E-state index is 3.77. The van der Waals surface area contributed by atoms with Gasteiger partial charge in [-0.05, 0) is 25.7 Å². The van der Waals surface area contributed by atoms with Crippen molar-refractivity contribution in [3.8, 4) is 0 Å². The van der Waals surface area contributed by atoms with E-state index < -0.39 is 0 Å². The Morgan fingerprint density at radius 1 is 1.20 bits per heavy atom. The molecule has 3 saturated heterocycles. The highest BCUT2D eigenvalue weighted by molar-refractivity contribution is 8.00. The molecular formula is C12H22N2S. The highest BCUT2D eigenvalue weighted by Gasteiger charge is 2.34. The van der Waals surface area contributed by atoms with Crippen LogP contribution in [0.2, 0.25) is 0 Å². The highest BCUT2D eigenvalue weighted by atomic mass is 32.2. The second-order valence-corrected chi connectivity index (χ2v) is 6.93. The van der Waals surface area contributed by atoms with Gasteiger partial charge in [-0.25, -0.2) is 0 Å². The summed E-state index contributed by atoms with van der Waals surface area (Å²) < 4.78 is 0. The van der Waals surface area contributed by atoms with Crippen LogP contribution in [0, 0.1) is 0 Å². The first-order valence-electron chi connectivity index (χ1n) is 6.43. The molecule has 0 amide bonds. The van der Waals surface area contributed by atoms with Gasteiger partial charge in [-0.3, -0.25) is 4.90 Å². The van der Waals surface area contributed by atoms with Gasteiger partial charge in [0.25, 0.3) is 0 Å². The lowest BCUT2D eigenvalue weighted by atomic mass is 10.1. The van der Waals surface area contributed by atoms with Crippen LogP contribution in [0.1, 0.15) is 32.6 Å². The van der Waals surface area contributed by atoms with E-state index in [4.69, 9.17) is 0 Å². The first-order chi connectivity index (χ1) is 7.31. The third kappa shape index (κ3) is 2.20. The van der Waals surface area contributed by atoms with Gasteiger partial charge in [0, 0.05) is 42.2 Å². The molecule has 86 valence electrons. The van der Waals surface area contributed by atoms with Gasteiger partial charge in [0.15, 0.2) is 0 Å². The van der Waals surface area contributed by atoms with Crippen molar-refractivity contribution in [2.45, 2.75) is 56.0 Å². The number of fused-ring (bicyclic) bond motifs is 2. The fourth-order valence-electron chi connectivity index (χ4n) is 3.35. The zero-order valence-electron chi connectivity index (χ0n) is 9.61. The lowest BCUT2D eigenvalue weighted by Gasteiger charge is -2.29. The number of thioether (sulfide) groups is 1. The fraction of sp³-hybridized carbons (Fsp3) is 1.00. The summed E-state index contributed by atoms with van der Waals surface area (Å²) in [7, 11) is 0. The molecule has 0 aliphatic carbocycles. The molecule has 3 aliphatic rings. The van der Waals surface area contributed by atoms with Crippen LogP contribution in [-0.2, 0) is 0 Å². The van der Waals surface area contributed by atoms with Crippen molar-refractivity contribution in [2.24, 2.45) is 0 Å². The average Bonchev–Trinajstić information content (AvgIpc) is 2.74. The molecule has 0 spiro atoms. The Labute approximate surface area is 97.2 Å². The Bertz CT molecular complexity index is 234. The molecule has 1 N–H and O–H groups in total. The summed E-state index contributed by atoms with van der Waals surface area (Å²) in [6, 6.07) is 2.52. The third-order valence-corrected chi connectivity index (χ3v) is 5.59. The minimum atomic E-state index is 0.804. The maximum Gasteiger partial charge on any atom is 0.0198 e. The second kappa shape index (κ2) is 4.27. The first kappa shape index (κ1) is 10.4. The summed E-state index contributed by atoms with van der Waals surface area (Å²) in [4.78, 5) is 2.77. The number of nitrogens with one attached hydrogen (secondary N) is 1. The van der Waals surface area contributed by atoms with Crippen LogP contribution < -0.4 is 5.32 Å². The van der Waals surface area contributed by atoms with Gasteiger partial charge in [-0.1, -0.05) is 6.92 Å². The predicted octanol–water partition coefficient (Wildman–Crippen LogP) is 1.71. The van der Waals surface area contributed by atoms with Crippen LogP contribution >= 0.6 is 11.8 Å². The van der Waals surface area contributed by atoms with Crippen LogP contribution in [0.25, 0.3) is 0 Å². The minimum absolute atomic E-state index is 0.804. The number of likely N-dealkylation sites (tertiary alicyclic amines) is 1. The Morgan fingerprint density at radius 3 is 2.87 bits per heavy atom. The van der Waals surface area contributed by atoms with E-state index in [0.717, 1.165) is 23.4 Å². The summed E-state index contributed by atoms with van der Waals surface area (Å²) in [5.41, 5.74) is 0. The Balaban J connectivity index is 1.62. The molecule has 3 rings (SSSR count). The van der Waals surface area contributed by atoms with E-state index in [1.54, 1.807) is 0 Å². The van der Waals surface area contributed by atoms with E-state index in [9.17, 15) is 0 Å². The standard InChI is InChI=1S/C12H22N2S/c1-9-6-12(8-15-9)14-5-4-10-2-3-11(7-14)13-10/h9-13H,2-8H2,1H3. The van der Waals surface area contributed by atoms with Gasteiger partial charge in [0.05, 0.1) is 0 Å². The van der Waals surface area contributed by atoms with E-state index in [2.05, 4.69) is 28.9 Å². The van der Waals surface area contributed by atoms with Crippen molar-refractivity contribution < 1.29 is 0 Å². The minimum Gasteiger partial charge on any atom is -0.310 e. The molecule has 0 aromatic rings. The smallest absolute Gasteiger partial charge is 0.0198 e. The highest BCUT2D eigenvalue weighted by Crippen LogP contribution is 2.31. The van der Waals surface area contributed by atoms with Crippen LogP contribution in [0.5, 0.6) is 0 Å². The van der Waals surface area contributed by atoms with Crippen LogP contribution in [0.4, 0.5) is 0 Å². The zero-order chi connectivity index (χ0) is 10.3. The van der Waals surface area contributed by atoms with Crippen molar-refractivity contribution in [1.82, 2.24) is 10.2 Å². The molecule has 2 nitrogen and oxygen atoms in total. The van der Waals surface area contributed by atoms with Crippen LogP contribution in [0.15, 0.2) is 0 Å². The number of hydrogen-bond acceptors (Lipinski definition) is 3. The topological polar surface area (TPSA) is 15.3 Å². The monoisotopic (exact) mass is 226 g/mol. The largest absolute Gasteiger partial charge is 0.310 e. The Hall–Kier alpha value is 0.270. The maximum atomic E-state index is 3.77. The van der Waals surface area contributed by atoms with Gasteiger partial charge >= 0.3 is 0 Å². The van der Waals surface area contributed by atoms with Gasteiger partial charge in [-0.2, -0.15) is 11.8 Å². The second-order valence-electron chi connectivity index (χ2n) is 5.45. The summed E-state index contributed by atoms with van der Waals surface area (Å²) in [5, 5.41) is 4.66. The average molecular weight is 226 g/mol. The quantitative estimate of drug-likeness (QED) is 0.733. The van der Waals surface area contributed by atoms with Crippen molar-refractivity contribution in [2.75, 3.05) is 18.8 Å². The van der Waals surface area contributed by atoms with Crippen LogP contribution in [0.3, 0.4) is 0 Å². The summed E-state index contributed by atoms with van der Waals surface area (Å²) in [5.74, 6) is 1.37.